The van der Waals surface area contributed by atoms with Gasteiger partial charge in [0, 0.05) is 28.1 Å². The molecule has 0 bridgehead atoms. The van der Waals surface area contributed by atoms with Gasteiger partial charge < -0.3 is 16.0 Å². The van der Waals surface area contributed by atoms with Gasteiger partial charge in [0.15, 0.2) is 0 Å². The van der Waals surface area contributed by atoms with E-state index < -0.39 is 0 Å². The third kappa shape index (κ3) is 5.29. The second-order valence-electron chi connectivity index (χ2n) is 7.45. The zero-order valence-electron chi connectivity index (χ0n) is 13.8. The van der Waals surface area contributed by atoms with Crippen LogP contribution in [0.5, 0.6) is 0 Å². The van der Waals surface area contributed by atoms with Gasteiger partial charge >= 0.3 is 6.03 Å². The van der Waals surface area contributed by atoms with Crippen molar-refractivity contribution in [2.75, 3.05) is 0 Å². The van der Waals surface area contributed by atoms with E-state index in [4.69, 9.17) is 0 Å². The molecule has 1 aliphatic heterocycles. The van der Waals surface area contributed by atoms with E-state index in [1.54, 1.807) is 0 Å². The number of halogens is 1. The SMILES string of the molecule is CC1(C)CC(NC(=O)NCc2cccc(Br)c2)CC(C)(C)N1. The van der Waals surface area contributed by atoms with E-state index in [0.29, 0.717) is 6.54 Å². The number of carbonyl (C=O) groups excluding carboxylic acids is 1. The maximum absolute atomic E-state index is 12.1. The van der Waals surface area contributed by atoms with E-state index in [1.807, 2.05) is 24.3 Å². The third-order valence-electron chi connectivity index (χ3n) is 3.87. The zero-order valence-corrected chi connectivity index (χ0v) is 15.4. The van der Waals surface area contributed by atoms with Crippen LogP contribution in [0.3, 0.4) is 0 Å². The van der Waals surface area contributed by atoms with Crippen molar-refractivity contribution in [3.8, 4) is 0 Å². The quantitative estimate of drug-likeness (QED) is 0.764. The highest BCUT2D eigenvalue weighted by molar-refractivity contribution is 9.10. The fourth-order valence-corrected chi connectivity index (χ4v) is 3.94. The average molecular weight is 368 g/mol. The first-order valence-electron chi connectivity index (χ1n) is 7.73. The van der Waals surface area contributed by atoms with E-state index in [0.717, 1.165) is 22.9 Å². The van der Waals surface area contributed by atoms with E-state index in [9.17, 15) is 4.79 Å². The van der Waals surface area contributed by atoms with Gasteiger partial charge in [-0.05, 0) is 58.2 Å². The summed E-state index contributed by atoms with van der Waals surface area (Å²) in [6.45, 7) is 9.26. The molecule has 2 rings (SSSR count). The van der Waals surface area contributed by atoms with Gasteiger partial charge in [-0.15, -0.1) is 0 Å². The van der Waals surface area contributed by atoms with E-state index in [1.165, 1.54) is 0 Å². The Kier molecular flexibility index (Phi) is 5.17. The largest absolute Gasteiger partial charge is 0.335 e. The summed E-state index contributed by atoms with van der Waals surface area (Å²) >= 11 is 3.44. The molecule has 1 fully saturated rings. The number of rotatable bonds is 3. The Morgan fingerprint density at radius 3 is 2.50 bits per heavy atom. The summed E-state index contributed by atoms with van der Waals surface area (Å²) in [5, 5.41) is 9.67. The summed E-state index contributed by atoms with van der Waals surface area (Å²) in [4.78, 5) is 12.1. The van der Waals surface area contributed by atoms with Gasteiger partial charge in [0.2, 0.25) is 0 Å². The van der Waals surface area contributed by atoms with Crippen molar-refractivity contribution in [2.45, 2.75) is 64.2 Å². The number of hydrogen-bond donors (Lipinski definition) is 3. The van der Waals surface area contributed by atoms with Gasteiger partial charge in [-0.2, -0.15) is 0 Å². The summed E-state index contributed by atoms with van der Waals surface area (Å²) < 4.78 is 1.02. The Labute approximate surface area is 141 Å². The number of amides is 2. The average Bonchev–Trinajstić information content (AvgIpc) is 2.32. The fourth-order valence-electron chi connectivity index (χ4n) is 3.49. The first-order chi connectivity index (χ1) is 10.2. The van der Waals surface area contributed by atoms with Gasteiger partial charge in [-0.3, -0.25) is 0 Å². The van der Waals surface area contributed by atoms with Gasteiger partial charge in [-0.1, -0.05) is 28.1 Å². The lowest BCUT2D eigenvalue weighted by Gasteiger charge is -2.46. The first-order valence-corrected chi connectivity index (χ1v) is 8.53. The molecule has 1 heterocycles. The molecule has 1 saturated heterocycles. The molecular weight excluding hydrogens is 342 g/mol. The Balaban J connectivity index is 1.86. The Hall–Kier alpha value is -1.07. The van der Waals surface area contributed by atoms with Crippen LogP contribution in [-0.4, -0.2) is 23.2 Å². The van der Waals surface area contributed by atoms with Crippen LogP contribution < -0.4 is 16.0 Å². The summed E-state index contributed by atoms with van der Waals surface area (Å²) in [5.41, 5.74) is 1.14. The van der Waals surface area contributed by atoms with Crippen molar-refractivity contribution in [1.82, 2.24) is 16.0 Å². The Morgan fingerprint density at radius 2 is 1.91 bits per heavy atom. The highest BCUT2D eigenvalue weighted by Gasteiger charge is 2.38. The first kappa shape index (κ1) is 17.3. The molecule has 0 unspecified atom stereocenters. The molecule has 0 aliphatic carbocycles. The van der Waals surface area contributed by atoms with Gasteiger partial charge in [0.05, 0.1) is 0 Å². The van der Waals surface area contributed by atoms with Crippen molar-refractivity contribution >= 4 is 22.0 Å². The molecule has 2 amide bonds. The van der Waals surface area contributed by atoms with Crippen LogP contribution in [0.4, 0.5) is 4.79 Å². The topological polar surface area (TPSA) is 53.2 Å². The minimum absolute atomic E-state index is 0.0317. The van der Waals surface area contributed by atoms with Crippen LogP contribution in [0.2, 0.25) is 0 Å². The molecule has 0 atom stereocenters. The number of hydrogen-bond acceptors (Lipinski definition) is 2. The number of nitrogens with one attached hydrogen (secondary N) is 3. The summed E-state index contributed by atoms with van der Waals surface area (Å²) in [6.07, 6.45) is 1.86. The lowest BCUT2D eigenvalue weighted by molar-refractivity contribution is 0.147. The second kappa shape index (κ2) is 6.59. The molecule has 4 nitrogen and oxygen atoms in total. The number of benzene rings is 1. The maximum Gasteiger partial charge on any atom is 0.315 e. The van der Waals surface area contributed by atoms with E-state index >= 15 is 0 Å². The smallest absolute Gasteiger partial charge is 0.315 e. The fraction of sp³-hybridized carbons (Fsp3) is 0.588. The second-order valence-corrected chi connectivity index (χ2v) is 8.37. The van der Waals surface area contributed by atoms with Crippen LogP contribution >= 0.6 is 15.9 Å². The molecule has 1 aliphatic rings. The van der Waals surface area contributed by atoms with Crippen LogP contribution in [0, 0.1) is 0 Å². The standard InChI is InChI=1S/C17H26BrN3O/c1-16(2)9-14(10-17(3,4)21-16)20-15(22)19-11-12-6-5-7-13(18)8-12/h5-8,14,21H,9-11H2,1-4H3,(H2,19,20,22). The molecule has 0 saturated carbocycles. The minimum Gasteiger partial charge on any atom is -0.335 e. The summed E-state index contributed by atoms with van der Waals surface area (Å²) in [7, 11) is 0. The van der Waals surface area contributed by atoms with Crippen LogP contribution in [0.25, 0.3) is 0 Å². The maximum atomic E-state index is 12.1. The highest BCUT2D eigenvalue weighted by atomic mass is 79.9. The van der Waals surface area contributed by atoms with Crippen molar-refractivity contribution in [1.29, 1.82) is 0 Å². The minimum atomic E-state index is -0.0986. The molecule has 0 aromatic heterocycles. The molecule has 22 heavy (non-hydrogen) atoms. The van der Waals surface area contributed by atoms with E-state index in [-0.39, 0.29) is 23.2 Å². The normalized spacial score (nSPS) is 20.4. The van der Waals surface area contributed by atoms with E-state index in [2.05, 4.69) is 59.6 Å². The highest BCUT2D eigenvalue weighted by Crippen LogP contribution is 2.28. The van der Waals surface area contributed by atoms with Gasteiger partial charge in [-0.25, -0.2) is 4.79 Å². The zero-order chi connectivity index (χ0) is 16.4. The molecule has 1 aromatic rings. The monoisotopic (exact) mass is 367 g/mol. The van der Waals surface area contributed by atoms with Crippen molar-refractivity contribution in [3.63, 3.8) is 0 Å². The third-order valence-corrected chi connectivity index (χ3v) is 4.36. The lowest BCUT2D eigenvalue weighted by atomic mass is 9.80. The lowest BCUT2D eigenvalue weighted by Crippen LogP contribution is -2.62. The van der Waals surface area contributed by atoms with Gasteiger partial charge in [0.1, 0.15) is 0 Å². The van der Waals surface area contributed by atoms with Crippen LogP contribution in [0.15, 0.2) is 28.7 Å². The van der Waals surface area contributed by atoms with Crippen molar-refractivity contribution < 1.29 is 4.79 Å². The predicted molar refractivity (Wildman–Crippen MR) is 93.8 cm³/mol. The van der Waals surface area contributed by atoms with Crippen LogP contribution in [-0.2, 0) is 6.54 Å². The summed E-state index contributed by atoms with van der Waals surface area (Å²) in [6, 6.07) is 8.05. The molecule has 122 valence electrons. The molecular formula is C17H26BrN3O. The van der Waals surface area contributed by atoms with Gasteiger partial charge in [0.25, 0.3) is 0 Å². The Morgan fingerprint density at radius 1 is 1.27 bits per heavy atom. The Bertz CT molecular complexity index is 526. The number of urea groups is 1. The molecule has 0 spiro atoms. The number of carbonyl (C=O) groups is 1. The summed E-state index contributed by atoms with van der Waals surface area (Å²) in [5.74, 6) is 0. The molecule has 5 heteroatoms. The van der Waals surface area contributed by atoms with Crippen molar-refractivity contribution in [3.05, 3.63) is 34.3 Å². The molecule has 3 N–H and O–H groups in total. The number of piperidine rings is 1. The molecule has 1 aromatic carbocycles. The van der Waals surface area contributed by atoms with Crippen LogP contribution in [0.1, 0.15) is 46.1 Å². The predicted octanol–water partition coefficient (Wildman–Crippen LogP) is 3.56. The van der Waals surface area contributed by atoms with Crippen molar-refractivity contribution in [2.24, 2.45) is 0 Å². The molecule has 0 radical (unpaired) electrons.